The second-order valence-corrected chi connectivity index (χ2v) is 6.08. The predicted octanol–water partition coefficient (Wildman–Crippen LogP) is 4.55. The minimum atomic E-state index is -4.73. The van der Waals surface area contributed by atoms with Crippen molar-refractivity contribution in [1.29, 1.82) is 0 Å². The van der Waals surface area contributed by atoms with Crippen LogP contribution in [-0.2, 0) is 22.4 Å². The summed E-state index contributed by atoms with van der Waals surface area (Å²) in [5.41, 5.74) is 0.869. The molecule has 6 heteroatoms. The molecule has 0 fully saturated rings. The third-order valence-electron chi connectivity index (χ3n) is 3.87. The van der Waals surface area contributed by atoms with Gasteiger partial charge in [0, 0.05) is 0 Å². The van der Waals surface area contributed by atoms with Crippen molar-refractivity contribution in [3.63, 3.8) is 0 Å². The average molecular weight is 352 g/mol. The summed E-state index contributed by atoms with van der Waals surface area (Å²) in [6.07, 6.45) is -3.93. The molecule has 0 heterocycles. The fourth-order valence-electron chi connectivity index (χ4n) is 2.76. The molecule has 3 nitrogen and oxygen atoms in total. The van der Waals surface area contributed by atoms with E-state index >= 15 is 0 Å². The van der Waals surface area contributed by atoms with Crippen molar-refractivity contribution in [2.75, 3.05) is 7.11 Å². The van der Waals surface area contributed by atoms with Crippen molar-refractivity contribution >= 4 is 5.97 Å². The van der Waals surface area contributed by atoms with E-state index in [4.69, 9.17) is 4.74 Å². The van der Waals surface area contributed by atoms with E-state index in [1.165, 1.54) is 31.4 Å². The van der Waals surface area contributed by atoms with E-state index in [1.807, 2.05) is 30.3 Å². The summed E-state index contributed by atoms with van der Waals surface area (Å²) in [5.74, 6) is -0.661. The molecule has 0 N–H and O–H groups in total. The van der Waals surface area contributed by atoms with Crippen LogP contribution in [0.5, 0.6) is 5.75 Å². The number of carbonyl (C=O) groups is 1. The monoisotopic (exact) mass is 352 g/mol. The summed E-state index contributed by atoms with van der Waals surface area (Å²) in [7, 11) is 1.33. The van der Waals surface area contributed by atoms with Gasteiger partial charge < -0.3 is 9.47 Å². The van der Waals surface area contributed by atoms with E-state index < -0.39 is 11.8 Å². The van der Waals surface area contributed by atoms with Gasteiger partial charge in [0.2, 0.25) is 0 Å². The summed E-state index contributed by atoms with van der Waals surface area (Å²) in [4.78, 5) is 12.3. The first-order valence-electron chi connectivity index (χ1n) is 7.69. The number of esters is 1. The molecular weight excluding hydrogens is 333 g/mol. The Hall–Kier alpha value is -2.50. The number of alkyl halides is 3. The highest BCUT2D eigenvalue weighted by molar-refractivity contribution is 5.77. The van der Waals surface area contributed by atoms with Crippen LogP contribution >= 0.6 is 0 Å². The first kappa shape index (κ1) is 18.8. The molecule has 0 spiro atoms. The highest BCUT2D eigenvalue weighted by atomic mass is 19.4. The maximum Gasteiger partial charge on any atom is 0.573 e. The Morgan fingerprint density at radius 1 is 0.920 bits per heavy atom. The molecule has 0 saturated carbocycles. The van der Waals surface area contributed by atoms with Crippen LogP contribution in [0.15, 0.2) is 54.6 Å². The van der Waals surface area contributed by atoms with Gasteiger partial charge in [-0.25, -0.2) is 0 Å². The molecule has 0 aromatic heterocycles. The van der Waals surface area contributed by atoms with Gasteiger partial charge in [-0.2, -0.15) is 0 Å². The molecule has 2 aromatic carbocycles. The van der Waals surface area contributed by atoms with Crippen LogP contribution in [0.1, 0.15) is 18.1 Å². The molecule has 0 aliphatic rings. The van der Waals surface area contributed by atoms with E-state index in [0.717, 1.165) is 11.1 Å². The lowest BCUT2D eigenvalue weighted by molar-refractivity contribution is -0.274. The smallest absolute Gasteiger partial charge is 0.469 e. The van der Waals surface area contributed by atoms with Gasteiger partial charge >= 0.3 is 12.3 Å². The van der Waals surface area contributed by atoms with Crippen molar-refractivity contribution in [2.45, 2.75) is 26.1 Å². The van der Waals surface area contributed by atoms with Gasteiger partial charge in [0.15, 0.2) is 0 Å². The van der Waals surface area contributed by atoms with Crippen LogP contribution in [-0.4, -0.2) is 19.4 Å². The summed E-state index contributed by atoms with van der Waals surface area (Å²) >= 11 is 0. The van der Waals surface area contributed by atoms with Gasteiger partial charge in [-0.1, -0.05) is 42.5 Å². The maximum atomic E-state index is 12.3. The molecule has 134 valence electrons. The van der Waals surface area contributed by atoms with Crippen LogP contribution in [0.3, 0.4) is 0 Å². The zero-order chi connectivity index (χ0) is 18.5. The van der Waals surface area contributed by atoms with Crippen LogP contribution in [0.25, 0.3) is 0 Å². The lowest BCUT2D eigenvalue weighted by atomic mass is 9.78. The fourth-order valence-corrected chi connectivity index (χ4v) is 2.76. The van der Waals surface area contributed by atoms with Crippen molar-refractivity contribution in [3.8, 4) is 5.75 Å². The molecule has 0 radical (unpaired) electrons. The summed E-state index contributed by atoms with van der Waals surface area (Å²) in [5, 5.41) is 0. The Balaban J connectivity index is 2.18. The molecule has 0 amide bonds. The Kier molecular flexibility index (Phi) is 5.72. The largest absolute Gasteiger partial charge is 0.573 e. The average Bonchev–Trinajstić information content (AvgIpc) is 2.55. The molecule has 25 heavy (non-hydrogen) atoms. The molecule has 0 saturated heterocycles. The Bertz CT molecular complexity index is 696. The van der Waals surface area contributed by atoms with E-state index in [1.54, 1.807) is 6.92 Å². The third-order valence-corrected chi connectivity index (χ3v) is 3.87. The van der Waals surface area contributed by atoms with Crippen molar-refractivity contribution in [3.05, 3.63) is 65.7 Å². The molecule has 2 aromatic rings. The number of methoxy groups -OCH3 is 1. The van der Waals surface area contributed by atoms with Crippen molar-refractivity contribution < 1.29 is 27.4 Å². The van der Waals surface area contributed by atoms with E-state index in [0.29, 0.717) is 12.8 Å². The zero-order valence-electron chi connectivity index (χ0n) is 14.0. The highest BCUT2D eigenvalue weighted by Crippen LogP contribution is 2.30. The second kappa shape index (κ2) is 7.59. The minimum Gasteiger partial charge on any atom is -0.469 e. The lowest BCUT2D eigenvalue weighted by Gasteiger charge is -2.27. The summed E-state index contributed by atoms with van der Waals surface area (Å²) in [6.45, 7) is 1.78. The summed E-state index contributed by atoms with van der Waals surface area (Å²) in [6, 6.07) is 15.0. The molecular formula is C19H19F3O3. The van der Waals surface area contributed by atoms with E-state index in [2.05, 4.69) is 4.74 Å². The topological polar surface area (TPSA) is 35.5 Å². The fraction of sp³-hybridized carbons (Fsp3) is 0.316. The Morgan fingerprint density at radius 2 is 1.44 bits per heavy atom. The van der Waals surface area contributed by atoms with E-state index in [9.17, 15) is 18.0 Å². The molecule has 2 rings (SSSR count). The summed E-state index contributed by atoms with van der Waals surface area (Å²) < 4.78 is 45.5. The molecule has 0 aliphatic carbocycles. The normalized spacial score (nSPS) is 13.8. The first-order chi connectivity index (χ1) is 11.7. The number of carbonyl (C=O) groups excluding carboxylic acids is 1. The number of benzene rings is 2. The van der Waals surface area contributed by atoms with Gasteiger partial charge in [-0.3, -0.25) is 4.79 Å². The van der Waals surface area contributed by atoms with Crippen molar-refractivity contribution in [2.24, 2.45) is 5.41 Å². The van der Waals surface area contributed by atoms with Gasteiger partial charge in [-0.05, 0) is 43.0 Å². The minimum absolute atomic E-state index is 0.293. The van der Waals surface area contributed by atoms with Gasteiger partial charge in [-0.15, -0.1) is 13.2 Å². The van der Waals surface area contributed by atoms with Crippen molar-refractivity contribution in [1.82, 2.24) is 0 Å². The van der Waals surface area contributed by atoms with Gasteiger partial charge in [0.25, 0.3) is 0 Å². The quantitative estimate of drug-likeness (QED) is 0.716. The molecule has 0 bridgehead atoms. The predicted molar refractivity (Wildman–Crippen MR) is 87.1 cm³/mol. The molecule has 1 unspecified atom stereocenters. The number of hydrogen-bond donors (Lipinski definition) is 0. The van der Waals surface area contributed by atoms with Crippen LogP contribution in [0, 0.1) is 5.41 Å². The Morgan fingerprint density at radius 3 is 1.92 bits per heavy atom. The first-order valence-corrected chi connectivity index (χ1v) is 7.69. The molecule has 1 atom stereocenters. The number of rotatable bonds is 6. The lowest BCUT2D eigenvalue weighted by Crippen LogP contribution is -2.33. The second-order valence-electron chi connectivity index (χ2n) is 6.08. The standard InChI is InChI=1S/C19H19F3O3/c1-18(17(23)24-2,12-14-6-4-3-5-7-14)13-15-8-10-16(11-9-15)25-19(20,21)22/h3-11H,12-13H2,1-2H3. The van der Waals surface area contributed by atoms with Crippen LogP contribution < -0.4 is 4.74 Å². The van der Waals surface area contributed by atoms with Crippen LogP contribution in [0.4, 0.5) is 13.2 Å². The zero-order valence-corrected chi connectivity index (χ0v) is 14.0. The van der Waals surface area contributed by atoms with Crippen LogP contribution in [0.2, 0.25) is 0 Å². The maximum absolute atomic E-state index is 12.3. The SMILES string of the molecule is COC(=O)C(C)(Cc1ccccc1)Cc1ccc(OC(F)(F)F)cc1. The molecule has 0 aliphatic heterocycles. The highest BCUT2D eigenvalue weighted by Gasteiger charge is 2.35. The Labute approximate surface area is 144 Å². The van der Waals surface area contributed by atoms with E-state index in [-0.39, 0.29) is 11.7 Å². The van der Waals surface area contributed by atoms with Gasteiger partial charge in [0.05, 0.1) is 12.5 Å². The number of hydrogen-bond acceptors (Lipinski definition) is 3. The third kappa shape index (κ3) is 5.52. The van der Waals surface area contributed by atoms with Gasteiger partial charge in [0.1, 0.15) is 5.75 Å². The number of halogens is 3. The number of ether oxygens (including phenoxy) is 2.